The number of halogens is 1. The van der Waals surface area contributed by atoms with Gasteiger partial charge in [-0.15, -0.1) is 0 Å². The van der Waals surface area contributed by atoms with Gasteiger partial charge in [-0.2, -0.15) is 0 Å². The molecule has 0 fully saturated rings. The van der Waals surface area contributed by atoms with Gasteiger partial charge in [0.15, 0.2) is 0 Å². The van der Waals surface area contributed by atoms with E-state index < -0.39 is 16.0 Å². The first-order valence-corrected chi connectivity index (χ1v) is 6.52. The summed E-state index contributed by atoms with van der Waals surface area (Å²) in [6, 6.07) is 2.54. The van der Waals surface area contributed by atoms with Crippen LogP contribution in [0.2, 0.25) is 0 Å². The molecule has 1 aromatic rings. The van der Waals surface area contributed by atoms with Crippen molar-refractivity contribution in [3.63, 3.8) is 0 Å². The largest absolute Gasteiger partial charge is 0.465 e. The Morgan fingerprint density at radius 1 is 1.44 bits per heavy atom. The standard InChI is InChI=1S/C9H10BrNO4S/c1-5-7(9(12)15-2)3-6(4-8(5)10)16(11,13)14/h3-4H,1-2H3,(H2,11,13,14). The fourth-order valence-electron chi connectivity index (χ4n) is 1.14. The minimum absolute atomic E-state index is 0.134. The third-order valence-electron chi connectivity index (χ3n) is 2.05. The minimum atomic E-state index is -3.84. The zero-order valence-electron chi connectivity index (χ0n) is 8.65. The van der Waals surface area contributed by atoms with Crippen molar-refractivity contribution in [3.05, 3.63) is 27.7 Å². The Kier molecular flexibility index (Phi) is 3.72. The molecule has 0 spiro atoms. The van der Waals surface area contributed by atoms with E-state index in [2.05, 4.69) is 20.7 Å². The lowest BCUT2D eigenvalue weighted by atomic mass is 10.1. The van der Waals surface area contributed by atoms with Gasteiger partial charge in [0.1, 0.15) is 0 Å². The molecule has 0 aromatic heterocycles. The number of carbonyl (C=O) groups excluding carboxylic acids is 1. The van der Waals surface area contributed by atoms with Gasteiger partial charge in [-0.05, 0) is 24.6 Å². The predicted molar refractivity (Wildman–Crippen MR) is 61.6 cm³/mol. The maximum atomic E-state index is 11.4. The number of ether oxygens (including phenoxy) is 1. The van der Waals surface area contributed by atoms with E-state index in [4.69, 9.17) is 5.14 Å². The Balaban J connectivity index is 3.51. The molecule has 0 aliphatic carbocycles. The fraction of sp³-hybridized carbons (Fsp3) is 0.222. The monoisotopic (exact) mass is 307 g/mol. The van der Waals surface area contributed by atoms with Gasteiger partial charge in [0.2, 0.25) is 10.0 Å². The van der Waals surface area contributed by atoms with Crippen molar-refractivity contribution < 1.29 is 17.9 Å². The molecule has 1 aromatic carbocycles. The number of nitrogens with two attached hydrogens (primary N) is 1. The maximum absolute atomic E-state index is 11.4. The SMILES string of the molecule is COC(=O)c1cc(S(N)(=O)=O)cc(Br)c1C. The number of carbonyl (C=O) groups is 1. The molecule has 88 valence electrons. The first-order valence-electron chi connectivity index (χ1n) is 4.18. The van der Waals surface area contributed by atoms with Gasteiger partial charge in [-0.1, -0.05) is 15.9 Å². The topological polar surface area (TPSA) is 86.5 Å². The lowest BCUT2D eigenvalue weighted by Crippen LogP contribution is -2.14. The molecule has 7 heteroatoms. The second-order valence-electron chi connectivity index (χ2n) is 3.11. The predicted octanol–water partition coefficient (Wildman–Crippen LogP) is 1.19. The van der Waals surface area contributed by atoms with E-state index >= 15 is 0 Å². The number of benzene rings is 1. The lowest BCUT2D eigenvalue weighted by Gasteiger charge is -2.08. The van der Waals surface area contributed by atoms with Crippen LogP contribution in [0.4, 0.5) is 0 Å². The molecule has 0 bridgehead atoms. The summed E-state index contributed by atoms with van der Waals surface area (Å²) in [4.78, 5) is 11.3. The Morgan fingerprint density at radius 2 is 2.00 bits per heavy atom. The van der Waals surface area contributed by atoms with Gasteiger partial charge >= 0.3 is 5.97 Å². The molecule has 0 unspecified atom stereocenters. The smallest absolute Gasteiger partial charge is 0.338 e. The highest BCUT2D eigenvalue weighted by atomic mass is 79.9. The average Bonchev–Trinajstić information content (AvgIpc) is 2.19. The Morgan fingerprint density at radius 3 is 2.44 bits per heavy atom. The van der Waals surface area contributed by atoms with Gasteiger partial charge < -0.3 is 4.74 Å². The maximum Gasteiger partial charge on any atom is 0.338 e. The zero-order chi connectivity index (χ0) is 12.5. The van der Waals surface area contributed by atoms with Crippen molar-refractivity contribution >= 4 is 31.9 Å². The number of methoxy groups -OCH3 is 1. The summed E-state index contributed by atoms with van der Waals surface area (Å²) in [5, 5.41) is 4.99. The summed E-state index contributed by atoms with van der Waals surface area (Å²) < 4.78 is 27.4. The van der Waals surface area contributed by atoms with Gasteiger partial charge in [0.25, 0.3) is 0 Å². The molecule has 5 nitrogen and oxygen atoms in total. The number of rotatable bonds is 2. The molecule has 0 aliphatic rings. The van der Waals surface area contributed by atoms with Crippen LogP contribution in [0, 0.1) is 6.92 Å². The molecule has 0 atom stereocenters. The van der Waals surface area contributed by atoms with Crippen molar-refractivity contribution in [1.82, 2.24) is 0 Å². The molecule has 0 heterocycles. The van der Waals surface area contributed by atoms with Crippen molar-refractivity contribution in [2.75, 3.05) is 7.11 Å². The van der Waals surface area contributed by atoms with Crippen LogP contribution in [0.25, 0.3) is 0 Å². The quantitative estimate of drug-likeness (QED) is 0.832. The summed E-state index contributed by atoms with van der Waals surface area (Å²) in [6.45, 7) is 1.67. The molecular weight excluding hydrogens is 298 g/mol. The molecule has 0 aliphatic heterocycles. The first-order chi connectivity index (χ1) is 7.27. The summed E-state index contributed by atoms with van der Waals surface area (Å²) >= 11 is 3.16. The number of hydrogen-bond donors (Lipinski definition) is 1. The highest BCUT2D eigenvalue weighted by Gasteiger charge is 2.17. The second-order valence-corrected chi connectivity index (χ2v) is 5.53. The molecule has 0 saturated carbocycles. The first kappa shape index (κ1) is 13.1. The summed E-state index contributed by atoms with van der Waals surface area (Å²) in [5.74, 6) is -0.608. The van der Waals surface area contributed by atoms with Crippen molar-refractivity contribution in [1.29, 1.82) is 0 Å². The molecule has 16 heavy (non-hydrogen) atoms. The van der Waals surface area contributed by atoms with E-state index in [1.54, 1.807) is 6.92 Å². The van der Waals surface area contributed by atoms with Gasteiger partial charge in [0.05, 0.1) is 17.6 Å². The van der Waals surface area contributed by atoms with E-state index in [1.165, 1.54) is 19.2 Å². The molecule has 0 radical (unpaired) electrons. The Hall–Kier alpha value is -0.920. The Labute approximate surface area is 102 Å². The van der Waals surface area contributed by atoms with E-state index in [0.717, 1.165) is 0 Å². The summed E-state index contributed by atoms with van der Waals surface area (Å²) in [6.07, 6.45) is 0. The lowest BCUT2D eigenvalue weighted by molar-refractivity contribution is 0.0599. The van der Waals surface area contributed by atoms with Crippen LogP contribution < -0.4 is 5.14 Å². The highest BCUT2D eigenvalue weighted by molar-refractivity contribution is 9.10. The van der Waals surface area contributed by atoms with Crippen molar-refractivity contribution in [2.45, 2.75) is 11.8 Å². The van der Waals surface area contributed by atoms with E-state index in [0.29, 0.717) is 10.0 Å². The third-order valence-corrected chi connectivity index (χ3v) is 3.77. The van der Waals surface area contributed by atoms with Crippen LogP contribution in [0.15, 0.2) is 21.5 Å². The summed E-state index contributed by atoms with van der Waals surface area (Å²) in [5.41, 5.74) is 0.764. The average molecular weight is 308 g/mol. The molecule has 0 amide bonds. The van der Waals surface area contributed by atoms with E-state index in [9.17, 15) is 13.2 Å². The Bertz CT molecular complexity index is 539. The number of hydrogen-bond acceptors (Lipinski definition) is 4. The van der Waals surface area contributed by atoms with Crippen LogP contribution in [-0.2, 0) is 14.8 Å². The van der Waals surface area contributed by atoms with Gasteiger partial charge in [0, 0.05) is 4.47 Å². The highest BCUT2D eigenvalue weighted by Crippen LogP contribution is 2.24. The number of esters is 1. The van der Waals surface area contributed by atoms with Crippen molar-refractivity contribution in [3.8, 4) is 0 Å². The second kappa shape index (κ2) is 4.52. The van der Waals surface area contributed by atoms with Gasteiger partial charge in [-0.3, -0.25) is 0 Å². The molecule has 2 N–H and O–H groups in total. The summed E-state index contributed by atoms with van der Waals surface area (Å²) in [7, 11) is -2.62. The molecular formula is C9H10BrNO4S. The van der Waals surface area contributed by atoms with Crippen LogP contribution in [0.1, 0.15) is 15.9 Å². The van der Waals surface area contributed by atoms with Crippen LogP contribution in [0.5, 0.6) is 0 Å². The van der Waals surface area contributed by atoms with Gasteiger partial charge in [-0.25, -0.2) is 18.4 Å². The third kappa shape index (κ3) is 2.60. The molecule has 0 saturated heterocycles. The van der Waals surface area contributed by atoms with E-state index in [1.807, 2.05) is 0 Å². The number of primary sulfonamides is 1. The van der Waals surface area contributed by atoms with Crippen LogP contribution in [-0.4, -0.2) is 21.5 Å². The fourth-order valence-corrected chi connectivity index (χ4v) is 2.32. The minimum Gasteiger partial charge on any atom is -0.465 e. The zero-order valence-corrected chi connectivity index (χ0v) is 11.1. The van der Waals surface area contributed by atoms with Crippen molar-refractivity contribution in [2.24, 2.45) is 5.14 Å². The van der Waals surface area contributed by atoms with Crippen LogP contribution in [0.3, 0.4) is 0 Å². The number of sulfonamides is 1. The van der Waals surface area contributed by atoms with Crippen LogP contribution >= 0.6 is 15.9 Å². The van der Waals surface area contributed by atoms with E-state index in [-0.39, 0.29) is 10.5 Å². The normalized spacial score (nSPS) is 11.2. The molecule has 1 rings (SSSR count).